The summed E-state index contributed by atoms with van der Waals surface area (Å²) in [7, 11) is 0. The zero-order valence-electron chi connectivity index (χ0n) is 23.7. The first-order valence-electron chi connectivity index (χ1n) is 15.4. The van der Waals surface area contributed by atoms with E-state index in [1.165, 1.54) is 43.4 Å². The summed E-state index contributed by atoms with van der Waals surface area (Å²) in [6.07, 6.45) is 24.2. The number of aliphatic hydroxyl groups excluding tert-OH is 1. The predicted octanol–water partition coefficient (Wildman–Crippen LogP) is 7.41. The highest BCUT2D eigenvalue weighted by molar-refractivity contribution is 5.26. The molecule has 4 aliphatic carbocycles. The summed E-state index contributed by atoms with van der Waals surface area (Å²) in [5.74, 6) is 2.80. The average Bonchev–Trinajstić information content (AvgIpc) is 3.33. The normalized spacial score (nSPS) is 32.6. The van der Waals surface area contributed by atoms with Crippen molar-refractivity contribution in [3.8, 4) is 0 Å². The lowest BCUT2D eigenvalue weighted by atomic mass is 9.70. The Bertz CT molecular complexity index is 918. The number of rotatable bonds is 7. The molecule has 206 valence electrons. The molecule has 0 radical (unpaired) electrons. The Kier molecular flexibility index (Phi) is 8.56. The topological polar surface area (TPSA) is 67.5 Å². The number of allylic oxidation sites excluding steroid dienone is 5. The van der Waals surface area contributed by atoms with Crippen LogP contribution in [0.3, 0.4) is 0 Å². The van der Waals surface area contributed by atoms with Crippen LogP contribution in [0.15, 0.2) is 46.4 Å². The second kappa shape index (κ2) is 11.7. The van der Waals surface area contributed by atoms with Gasteiger partial charge >= 0.3 is 0 Å². The monoisotopic (exact) mass is 508 g/mol. The van der Waals surface area contributed by atoms with Crippen LogP contribution in [0.25, 0.3) is 0 Å². The molecule has 0 aromatic heterocycles. The molecule has 0 fully saturated rings. The summed E-state index contributed by atoms with van der Waals surface area (Å²) in [5.41, 5.74) is 12.1. The smallest absolute Gasteiger partial charge is 0.123 e. The maximum absolute atomic E-state index is 11.6. The quantitative estimate of drug-likeness (QED) is 0.247. The van der Waals surface area contributed by atoms with Crippen molar-refractivity contribution in [3.05, 3.63) is 46.4 Å². The Morgan fingerprint density at radius 1 is 0.973 bits per heavy atom. The third-order valence-electron chi connectivity index (χ3n) is 10.1. The molecule has 5 aliphatic rings. The minimum absolute atomic E-state index is 0.257. The SMILES string of the molecule is CC(C)(C)C1=CCC(C(CC2CC=C(N)CC2)C(O)NC2CC=C(C3CC4=C(CCCC4)O3)CC2)CC1. The van der Waals surface area contributed by atoms with E-state index < -0.39 is 6.23 Å². The van der Waals surface area contributed by atoms with E-state index in [4.69, 9.17) is 10.5 Å². The molecule has 37 heavy (non-hydrogen) atoms. The largest absolute Gasteiger partial charge is 0.490 e. The summed E-state index contributed by atoms with van der Waals surface area (Å²) in [5, 5.41) is 15.3. The fourth-order valence-electron chi connectivity index (χ4n) is 7.62. The number of ether oxygens (including phenoxy) is 1. The molecule has 5 rings (SSSR count). The van der Waals surface area contributed by atoms with E-state index in [2.05, 4.69) is 44.3 Å². The van der Waals surface area contributed by atoms with Gasteiger partial charge in [0.2, 0.25) is 0 Å². The molecule has 0 aromatic carbocycles. The molecule has 0 spiro atoms. The van der Waals surface area contributed by atoms with E-state index in [9.17, 15) is 5.11 Å². The van der Waals surface area contributed by atoms with Crippen LogP contribution in [0, 0.1) is 23.2 Å². The highest BCUT2D eigenvalue weighted by Crippen LogP contribution is 2.42. The number of nitrogens with one attached hydrogen (secondary N) is 1. The lowest BCUT2D eigenvalue weighted by Gasteiger charge is -2.39. The molecule has 1 aliphatic heterocycles. The molecular formula is C33H52N2O2. The molecule has 0 saturated carbocycles. The maximum atomic E-state index is 11.6. The molecule has 0 saturated heterocycles. The fourth-order valence-corrected chi connectivity index (χ4v) is 7.62. The van der Waals surface area contributed by atoms with Gasteiger partial charge in [0, 0.05) is 30.5 Å². The highest BCUT2D eigenvalue weighted by atomic mass is 16.5. The first-order valence-corrected chi connectivity index (χ1v) is 15.4. The van der Waals surface area contributed by atoms with Crippen LogP contribution < -0.4 is 11.1 Å². The van der Waals surface area contributed by atoms with Gasteiger partial charge in [-0.1, -0.05) is 44.6 Å². The van der Waals surface area contributed by atoms with Crippen molar-refractivity contribution in [3.63, 3.8) is 0 Å². The standard InChI is InChI=1S/C33H52N2O2/c1-33(2,3)26-14-10-23(11-15-26)29(20-22-8-16-27(34)17-9-22)32(36)35-28-18-12-24(13-19-28)31-21-25-6-4-5-7-30(25)37-31/h12,14,16,22-23,28-29,31-32,35-36H,4-11,13,15,17-21,34H2,1-3H3. The molecular weight excluding hydrogens is 456 g/mol. The average molecular weight is 509 g/mol. The van der Waals surface area contributed by atoms with Gasteiger partial charge in [-0.05, 0) is 112 Å². The molecule has 6 unspecified atom stereocenters. The highest BCUT2D eigenvalue weighted by Gasteiger charge is 2.36. The van der Waals surface area contributed by atoms with Crippen LogP contribution in [0.2, 0.25) is 0 Å². The van der Waals surface area contributed by atoms with Gasteiger partial charge < -0.3 is 15.6 Å². The van der Waals surface area contributed by atoms with Gasteiger partial charge in [-0.2, -0.15) is 0 Å². The molecule has 4 heteroatoms. The van der Waals surface area contributed by atoms with E-state index in [0.29, 0.717) is 29.9 Å². The van der Waals surface area contributed by atoms with Gasteiger partial charge in [0.05, 0.1) is 5.76 Å². The van der Waals surface area contributed by atoms with Gasteiger partial charge in [0.1, 0.15) is 12.3 Å². The molecule has 4 N–H and O–H groups in total. The second-order valence-corrected chi connectivity index (χ2v) is 13.7. The predicted molar refractivity (Wildman–Crippen MR) is 152 cm³/mol. The van der Waals surface area contributed by atoms with Gasteiger partial charge in [0.25, 0.3) is 0 Å². The Morgan fingerprint density at radius 2 is 1.81 bits per heavy atom. The van der Waals surface area contributed by atoms with Crippen molar-refractivity contribution in [1.29, 1.82) is 0 Å². The zero-order chi connectivity index (χ0) is 26.0. The minimum Gasteiger partial charge on any atom is -0.490 e. The summed E-state index contributed by atoms with van der Waals surface area (Å²) in [6.45, 7) is 7.00. The lowest BCUT2D eigenvalue weighted by molar-refractivity contribution is 0.0148. The summed E-state index contributed by atoms with van der Waals surface area (Å²) >= 11 is 0. The lowest BCUT2D eigenvalue weighted by Crippen LogP contribution is -2.46. The van der Waals surface area contributed by atoms with Crippen LogP contribution in [0.4, 0.5) is 0 Å². The van der Waals surface area contributed by atoms with Gasteiger partial charge in [-0.25, -0.2) is 0 Å². The fraction of sp³-hybridized carbons (Fsp3) is 0.758. The van der Waals surface area contributed by atoms with E-state index >= 15 is 0 Å². The number of aliphatic hydroxyl groups is 1. The first kappa shape index (κ1) is 27.1. The second-order valence-electron chi connectivity index (χ2n) is 13.7. The van der Waals surface area contributed by atoms with Crippen molar-refractivity contribution in [1.82, 2.24) is 5.32 Å². The van der Waals surface area contributed by atoms with Crippen molar-refractivity contribution < 1.29 is 9.84 Å². The van der Waals surface area contributed by atoms with Crippen molar-refractivity contribution in [2.75, 3.05) is 0 Å². The molecule has 4 nitrogen and oxygen atoms in total. The van der Waals surface area contributed by atoms with Crippen molar-refractivity contribution in [2.24, 2.45) is 28.9 Å². The number of hydrogen-bond acceptors (Lipinski definition) is 4. The Balaban J connectivity index is 1.19. The maximum Gasteiger partial charge on any atom is 0.123 e. The van der Waals surface area contributed by atoms with E-state index in [-0.39, 0.29) is 5.41 Å². The van der Waals surface area contributed by atoms with Crippen LogP contribution in [-0.2, 0) is 4.74 Å². The van der Waals surface area contributed by atoms with Crippen molar-refractivity contribution >= 4 is 0 Å². The zero-order valence-corrected chi connectivity index (χ0v) is 23.7. The molecule has 0 amide bonds. The van der Waals surface area contributed by atoms with Crippen LogP contribution >= 0.6 is 0 Å². The van der Waals surface area contributed by atoms with Crippen LogP contribution in [-0.4, -0.2) is 23.5 Å². The van der Waals surface area contributed by atoms with E-state index in [1.54, 1.807) is 11.1 Å². The Morgan fingerprint density at radius 3 is 2.46 bits per heavy atom. The summed E-state index contributed by atoms with van der Waals surface area (Å²) in [6, 6.07) is 0.358. The third kappa shape index (κ3) is 6.74. The van der Waals surface area contributed by atoms with Crippen LogP contribution in [0.1, 0.15) is 117 Å². The molecule has 0 aromatic rings. The van der Waals surface area contributed by atoms with E-state index in [1.807, 2.05) is 0 Å². The Hall–Kier alpha value is -1.52. The van der Waals surface area contributed by atoms with Gasteiger partial charge in [0.15, 0.2) is 0 Å². The number of hydrogen-bond donors (Lipinski definition) is 3. The van der Waals surface area contributed by atoms with Crippen molar-refractivity contribution in [2.45, 2.75) is 135 Å². The third-order valence-corrected chi connectivity index (χ3v) is 10.1. The molecule has 1 heterocycles. The minimum atomic E-state index is -0.436. The van der Waals surface area contributed by atoms with E-state index in [0.717, 1.165) is 69.9 Å². The molecule has 6 atom stereocenters. The van der Waals surface area contributed by atoms with Gasteiger partial charge in [-0.3, -0.25) is 5.32 Å². The summed E-state index contributed by atoms with van der Waals surface area (Å²) < 4.78 is 6.39. The number of nitrogens with two attached hydrogens (primary N) is 1. The first-order chi connectivity index (χ1) is 17.8. The van der Waals surface area contributed by atoms with Crippen LogP contribution in [0.5, 0.6) is 0 Å². The summed E-state index contributed by atoms with van der Waals surface area (Å²) in [4.78, 5) is 0. The molecule has 0 bridgehead atoms. The Labute approximate surface area is 225 Å². The van der Waals surface area contributed by atoms with Gasteiger partial charge in [-0.15, -0.1) is 0 Å².